The summed E-state index contributed by atoms with van der Waals surface area (Å²) in [6.07, 6.45) is 7.44. The van der Waals surface area contributed by atoms with Crippen molar-refractivity contribution in [2.24, 2.45) is 17.6 Å². The van der Waals surface area contributed by atoms with Gasteiger partial charge in [0.05, 0.1) is 0 Å². The summed E-state index contributed by atoms with van der Waals surface area (Å²) in [7, 11) is 0. The molecule has 0 fully saturated rings. The predicted molar refractivity (Wildman–Crippen MR) is 94.4 cm³/mol. The van der Waals surface area contributed by atoms with Crippen LogP contribution in [0.5, 0.6) is 0 Å². The monoisotopic (exact) mass is 273 g/mol. The molecule has 0 rings (SSSR count). The molecule has 0 radical (unpaired) electrons. The Bertz CT molecular complexity index is 403. The Kier molecular flexibility index (Phi) is 11.4. The molecule has 0 heterocycles. The lowest BCUT2D eigenvalue weighted by atomic mass is 9.98. The van der Waals surface area contributed by atoms with Gasteiger partial charge in [0.1, 0.15) is 0 Å². The fraction of sp³-hybridized carbons (Fsp3) is 0.368. The van der Waals surface area contributed by atoms with Gasteiger partial charge < -0.3 is 5.73 Å². The number of allylic oxidation sites excluding steroid dienone is 7. The van der Waals surface area contributed by atoms with E-state index in [1.54, 1.807) is 12.2 Å². The zero-order chi connectivity index (χ0) is 16.3. The van der Waals surface area contributed by atoms with Crippen LogP contribution in [0.3, 0.4) is 0 Å². The van der Waals surface area contributed by atoms with Crippen LogP contribution in [0.1, 0.15) is 34.6 Å². The molecule has 2 N–H and O–H groups in total. The maximum atomic E-state index is 5.32. The van der Waals surface area contributed by atoms with Gasteiger partial charge in [-0.25, -0.2) is 0 Å². The second-order valence-electron chi connectivity index (χ2n) is 5.40. The Morgan fingerprint density at radius 3 is 1.75 bits per heavy atom. The first-order valence-electron chi connectivity index (χ1n) is 6.93. The minimum absolute atomic E-state index is 0.482. The normalized spacial score (nSPS) is 11.2. The molecule has 0 amide bonds. The average Bonchev–Trinajstić information content (AvgIpc) is 2.35. The van der Waals surface area contributed by atoms with Gasteiger partial charge >= 0.3 is 0 Å². The van der Waals surface area contributed by atoms with Gasteiger partial charge in [0.15, 0.2) is 0 Å². The minimum atomic E-state index is 0.482. The van der Waals surface area contributed by atoms with Crippen LogP contribution >= 0.6 is 0 Å². The van der Waals surface area contributed by atoms with Crippen LogP contribution in [0.25, 0.3) is 0 Å². The average molecular weight is 273 g/mol. The first-order valence-corrected chi connectivity index (χ1v) is 6.93. The maximum absolute atomic E-state index is 5.32. The molecular formula is C19H31N. The predicted octanol–water partition coefficient (Wildman–Crippen LogP) is 5.56. The lowest BCUT2D eigenvalue weighted by Gasteiger charge is -2.08. The van der Waals surface area contributed by atoms with Gasteiger partial charge in [-0.3, -0.25) is 0 Å². The minimum Gasteiger partial charge on any atom is -0.399 e. The fourth-order valence-electron chi connectivity index (χ4n) is 1.15. The van der Waals surface area contributed by atoms with E-state index in [0.717, 1.165) is 5.57 Å². The number of nitrogens with two attached hydrogens (primary N) is 1. The van der Waals surface area contributed by atoms with Crippen molar-refractivity contribution in [1.29, 1.82) is 0 Å². The highest BCUT2D eigenvalue weighted by molar-refractivity contribution is 5.30. The molecule has 0 unspecified atom stereocenters. The van der Waals surface area contributed by atoms with Crippen molar-refractivity contribution in [2.75, 3.05) is 0 Å². The molecule has 0 spiro atoms. The third kappa shape index (κ3) is 11.3. The van der Waals surface area contributed by atoms with Crippen LogP contribution in [0.4, 0.5) is 0 Å². The molecular weight excluding hydrogens is 242 g/mol. The fourth-order valence-corrected chi connectivity index (χ4v) is 1.15. The van der Waals surface area contributed by atoms with Gasteiger partial charge in [-0.2, -0.15) is 0 Å². The lowest BCUT2D eigenvalue weighted by Crippen LogP contribution is -1.92. The molecule has 0 aliphatic heterocycles. The van der Waals surface area contributed by atoms with E-state index in [9.17, 15) is 0 Å². The van der Waals surface area contributed by atoms with Gasteiger partial charge in [0.25, 0.3) is 0 Å². The molecule has 0 bridgehead atoms. The molecule has 112 valence electrons. The van der Waals surface area contributed by atoms with Crippen LogP contribution < -0.4 is 5.73 Å². The van der Waals surface area contributed by atoms with Crippen molar-refractivity contribution in [2.45, 2.75) is 34.6 Å². The van der Waals surface area contributed by atoms with E-state index >= 15 is 0 Å². The highest BCUT2D eigenvalue weighted by Crippen LogP contribution is 2.15. The number of rotatable bonds is 6. The quantitative estimate of drug-likeness (QED) is 0.630. The van der Waals surface area contributed by atoms with Crippen LogP contribution in [0.15, 0.2) is 73.0 Å². The van der Waals surface area contributed by atoms with E-state index in [4.69, 9.17) is 5.73 Å². The maximum Gasteiger partial charge on any atom is 0.0241 e. The summed E-state index contributed by atoms with van der Waals surface area (Å²) in [5.74, 6) is 1.02. The summed E-state index contributed by atoms with van der Waals surface area (Å²) in [5.41, 5.74) is 9.39. The molecule has 20 heavy (non-hydrogen) atoms. The summed E-state index contributed by atoms with van der Waals surface area (Å²) in [6.45, 7) is 25.5. The molecule has 0 saturated heterocycles. The summed E-state index contributed by atoms with van der Waals surface area (Å²) in [5, 5.41) is 0. The Hall–Kier alpha value is -1.76. The standard InChI is InChI=1S/C10H16.C9H15N/c1-6-7-9(4)10(5)8(2)3;1-7(2)8(3)5-6-9(4)10/h6-8H,1,5H2,2-4H3;5-7H,3-4,10H2,1-2H3/b9-7-;6-5-. The molecule has 0 saturated carbocycles. The molecule has 0 aliphatic carbocycles. The zero-order valence-corrected chi connectivity index (χ0v) is 13.9. The summed E-state index contributed by atoms with van der Waals surface area (Å²) >= 11 is 0. The molecule has 0 atom stereocenters. The second kappa shape index (κ2) is 11.1. The highest BCUT2D eigenvalue weighted by atomic mass is 14.5. The van der Waals surface area contributed by atoms with E-state index < -0.39 is 0 Å². The summed E-state index contributed by atoms with van der Waals surface area (Å²) < 4.78 is 0. The molecule has 0 aliphatic rings. The van der Waals surface area contributed by atoms with Crippen LogP contribution in [0, 0.1) is 11.8 Å². The largest absolute Gasteiger partial charge is 0.399 e. The van der Waals surface area contributed by atoms with E-state index in [1.807, 2.05) is 12.2 Å². The van der Waals surface area contributed by atoms with Crippen molar-refractivity contribution >= 4 is 0 Å². The Morgan fingerprint density at radius 2 is 1.45 bits per heavy atom. The second-order valence-corrected chi connectivity index (χ2v) is 5.40. The Balaban J connectivity index is 0. The van der Waals surface area contributed by atoms with Crippen LogP contribution in [0.2, 0.25) is 0 Å². The highest BCUT2D eigenvalue weighted by Gasteiger charge is 1.99. The van der Waals surface area contributed by atoms with Crippen LogP contribution in [-0.2, 0) is 0 Å². The van der Waals surface area contributed by atoms with Crippen LogP contribution in [-0.4, -0.2) is 0 Å². The SMILES string of the molecule is C=C(N)/C=C\C(=C)C(C)C.C=C/C=C(/C)C(=C)C(C)C. The first-order chi connectivity index (χ1) is 9.13. The van der Waals surface area contributed by atoms with Crippen molar-refractivity contribution in [3.05, 3.63) is 73.0 Å². The Morgan fingerprint density at radius 1 is 0.950 bits per heavy atom. The van der Waals surface area contributed by atoms with Gasteiger partial charge in [-0.1, -0.05) is 77.8 Å². The molecule has 0 aromatic rings. The van der Waals surface area contributed by atoms with E-state index in [0.29, 0.717) is 17.5 Å². The van der Waals surface area contributed by atoms with Gasteiger partial charge in [-0.05, 0) is 36.0 Å². The third-order valence-electron chi connectivity index (χ3n) is 2.82. The molecule has 0 aromatic carbocycles. The number of hydrogen-bond acceptors (Lipinski definition) is 1. The smallest absolute Gasteiger partial charge is 0.0241 e. The number of hydrogen-bond donors (Lipinski definition) is 1. The van der Waals surface area contributed by atoms with Crippen molar-refractivity contribution in [1.82, 2.24) is 0 Å². The Labute approximate surface area is 126 Å². The van der Waals surface area contributed by atoms with Gasteiger partial charge in [-0.15, -0.1) is 0 Å². The van der Waals surface area contributed by atoms with E-state index in [2.05, 4.69) is 60.9 Å². The molecule has 0 aromatic heterocycles. The summed E-state index contributed by atoms with van der Waals surface area (Å²) in [6, 6.07) is 0. The zero-order valence-electron chi connectivity index (χ0n) is 13.9. The first kappa shape index (κ1) is 20.6. The lowest BCUT2D eigenvalue weighted by molar-refractivity contribution is 0.781. The van der Waals surface area contributed by atoms with Crippen molar-refractivity contribution in [3.63, 3.8) is 0 Å². The van der Waals surface area contributed by atoms with Gasteiger partial charge in [0.2, 0.25) is 0 Å². The van der Waals surface area contributed by atoms with Gasteiger partial charge in [0, 0.05) is 5.70 Å². The van der Waals surface area contributed by atoms with Crippen molar-refractivity contribution < 1.29 is 0 Å². The molecule has 1 heteroatoms. The third-order valence-corrected chi connectivity index (χ3v) is 2.82. The van der Waals surface area contributed by atoms with Crippen molar-refractivity contribution in [3.8, 4) is 0 Å². The van der Waals surface area contributed by atoms with E-state index in [-0.39, 0.29) is 0 Å². The topological polar surface area (TPSA) is 26.0 Å². The van der Waals surface area contributed by atoms with E-state index in [1.165, 1.54) is 11.1 Å². The summed E-state index contributed by atoms with van der Waals surface area (Å²) in [4.78, 5) is 0. The molecule has 1 nitrogen and oxygen atoms in total.